The quantitative estimate of drug-likeness (QED) is 0.123. The minimum atomic E-state index is -0.799. The van der Waals surface area contributed by atoms with Crippen LogP contribution in [0.1, 0.15) is 223 Å². The Morgan fingerprint density at radius 2 is 1.03 bits per heavy atom. The number of hydrogen-bond donors (Lipinski definition) is 1. The highest BCUT2D eigenvalue weighted by Crippen LogP contribution is 2.69. The molecule has 5 heteroatoms. The van der Waals surface area contributed by atoms with Crippen molar-refractivity contribution < 1.29 is 19.1 Å². The Hall–Kier alpha value is -1.62. The normalized spacial score (nSPS) is 42.8. The molecule has 0 aromatic rings. The summed E-state index contributed by atoms with van der Waals surface area (Å²) in [6, 6.07) is -0.799. The van der Waals surface area contributed by atoms with Crippen LogP contribution in [-0.2, 0) is 19.1 Å². The van der Waals surface area contributed by atoms with Crippen LogP contribution < -0.4 is 5.73 Å². The molecule has 0 unspecified atom stereocenters. The number of ether oxygens (including phenoxy) is 2. The molecule has 0 aromatic heterocycles. The average molecular weight is 884 g/mol. The van der Waals surface area contributed by atoms with Gasteiger partial charge in [0.15, 0.2) is 0 Å². The van der Waals surface area contributed by atoms with E-state index in [1.807, 2.05) is 0 Å². The van der Waals surface area contributed by atoms with Crippen molar-refractivity contribution in [3.8, 4) is 0 Å². The van der Waals surface area contributed by atoms with Crippen LogP contribution in [0.4, 0.5) is 0 Å². The Labute approximate surface area is 392 Å². The van der Waals surface area contributed by atoms with E-state index >= 15 is 0 Å². The van der Waals surface area contributed by atoms with Crippen molar-refractivity contribution in [3.05, 3.63) is 23.3 Å². The molecule has 0 radical (unpaired) electrons. The van der Waals surface area contributed by atoms with Crippen LogP contribution in [-0.4, -0.2) is 30.2 Å². The molecular weight excluding hydrogens is 787 g/mol. The fourth-order valence-corrected chi connectivity index (χ4v) is 18.4. The zero-order valence-electron chi connectivity index (χ0n) is 43.0. The van der Waals surface area contributed by atoms with Gasteiger partial charge in [0, 0.05) is 19.3 Å². The van der Waals surface area contributed by atoms with Gasteiger partial charge in [-0.05, 0) is 189 Å². The molecule has 8 rings (SSSR count). The van der Waals surface area contributed by atoms with Gasteiger partial charge < -0.3 is 15.2 Å². The molecule has 0 amide bonds. The Balaban J connectivity index is 0.782. The van der Waals surface area contributed by atoms with Gasteiger partial charge in [-0.3, -0.25) is 9.59 Å². The Morgan fingerprint density at radius 3 is 1.48 bits per heavy atom. The van der Waals surface area contributed by atoms with Crippen molar-refractivity contribution in [2.24, 2.45) is 98.4 Å². The summed E-state index contributed by atoms with van der Waals surface area (Å²) in [7, 11) is 0. The second-order valence-electron chi connectivity index (χ2n) is 26.4. The van der Waals surface area contributed by atoms with Gasteiger partial charge in [-0.2, -0.15) is 0 Å². The molecule has 2 N–H and O–H groups in total. The number of rotatable bonds is 16. The van der Waals surface area contributed by atoms with Gasteiger partial charge >= 0.3 is 11.9 Å². The zero-order valence-corrected chi connectivity index (χ0v) is 43.0. The van der Waals surface area contributed by atoms with Crippen LogP contribution in [0.15, 0.2) is 23.3 Å². The largest absolute Gasteiger partial charge is 0.462 e. The highest BCUT2D eigenvalue weighted by molar-refractivity contribution is 5.77. The summed E-state index contributed by atoms with van der Waals surface area (Å²) in [5.74, 6) is 9.29. The van der Waals surface area contributed by atoms with Crippen molar-refractivity contribution in [2.45, 2.75) is 242 Å². The van der Waals surface area contributed by atoms with Crippen molar-refractivity contribution in [1.82, 2.24) is 0 Å². The second-order valence-corrected chi connectivity index (χ2v) is 26.4. The molecule has 6 saturated carbocycles. The van der Waals surface area contributed by atoms with Gasteiger partial charge in [-0.25, -0.2) is 0 Å². The zero-order chi connectivity index (χ0) is 45.8. The van der Waals surface area contributed by atoms with Crippen LogP contribution in [0, 0.1) is 92.7 Å². The SMILES string of the molecule is CC(C)CCC[C@@H](C)[C@H]1CC[C@H]2[C@@H]3CC=C4C[C@@H](OC(=O)CC[C@H](N)C(=O)O[C@H]5CC[C@@]6(C)C(=CC[C@H]7[C@@H]8CC[C@H]([C@H](C)CCCC(C)C)[C@@]8(C)CC[C@@H]76)C5)CC[C@]4(C)[C@H]3CC[C@]12C. The second kappa shape index (κ2) is 19.4. The lowest BCUT2D eigenvalue weighted by molar-refractivity contribution is -0.154. The van der Waals surface area contributed by atoms with Gasteiger partial charge in [-0.15, -0.1) is 0 Å². The fourth-order valence-electron chi connectivity index (χ4n) is 18.4. The molecule has 8 aliphatic rings. The van der Waals surface area contributed by atoms with Crippen LogP contribution in [0.3, 0.4) is 0 Å². The molecule has 17 atom stereocenters. The average Bonchev–Trinajstić information content (AvgIpc) is 3.79. The molecule has 0 saturated heterocycles. The van der Waals surface area contributed by atoms with Gasteiger partial charge in [0.05, 0.1) is 0 Å². The Morgan fingerprint density at radius 1 is 0.578 bits per heavy atom. The highest BCUT2D eigenvalue weighted by atomic mass is 16.5. The summed E-state index contributed by atoms with van der Waals surface area (Å²) in [6.07, 6.45) is 33.1. The minimum absolute atomic E-state index is 0.0704. The van der Waals surface area contributed by atoms with E-state index in [2.05, 4.69) is 81.4 Å². The third-order valence-corrected chi connectivity index (χ3v) is 22.1. The van der Waals surface area contributed by atoms with E-state index in [-0.39, 0.29) is 47.8 Å². The maximum Gasteiger partial charge on any atom is 0.323 e. The van der Waals surface area contributed by atoms with Gasteiger partial charge in [0.25, 0.3) is 0 Å². The lowest BCUT2D eigenvalue weighted by Gasteiger charge is -2.58. The number of esters is 2. The van der Waals surface area contributed by atoms with E-state index in [0.717, 1.165) is 110 Å². The maximum atomic E-state index is 13.4. The number of nitrogens with two attached hydrogens (primary N) is 1. The number of hydrogen-bond acceptors (Lipinski definition) is 5. The molecule has 0 heterocycles. The number of carbonyl (C=O) groups excluding carboxylic acids is 2. The first kappa shape index (κ1) is 48.8. The van der Waals surface area contributed by atoms with E-state index in [9.17, 15) is 9.59 Å². The Bertz CT molecular complexity index is 1710. The molecular formula is C59H97NO4. The molecule has 6 fully saturated rings. The third kappa shape index (κ3) is 9.29. The van der Waals surface area contributed by atoms with Crippen molar-refractivity contribution in [3.63, 3.8) is 0 Å². The van der Waals surface area contributed by atoms with Gasteiger partial charge in [0.2, 0.25) is 0 Å². The van der Waals surface area contributed by atoms with E-state index in [4.69, 9.17) is 15.2 Å². The summed E-state index contributed by atoms with van der Waals surface area (Å²) in [6.45, 7) is 25.1. The molecule has 0 spiro atoms. The molecule has 0 aliphatic heterocycles. The molecule has 362 valence electrons. The predicted octanol–water partition coefficient (Wildman–Crippen LogP) is 15.0. The van der Waals surface area contributed by atoms with Crippen LogP contribution in [0.5, 0.6) is 0 Å². The molecule has 8 aliphatic carbocycles. The van der Waals surface area contributed by atoms with Gasteiger partial charge in [-0.1, -0.05) is 131 Å². The third-order valence-electron chi connectivity index (χ3n) is 22.1. The minimum Gasteiger partial charge on any atom is -0.462 e. The smallest absolute Gasteiger partial charge is 0.323 e. The lowest BCUT2D eigenvalue weighted by atomic mass is 9.47. The van der Waals surface area contributed by atoms with Crippen LogP contribution in [0.25, 0.3) is 0 Å². The summed E-state index contributed by atoms with van der Waals surface area (Å²) in [5, 5.41) is 0. The first-order valence-electron chi connectivity index (χ1n) is 27.9. The number of carbonyl (C=O) groups is 2. The fraction of sp³-hybridized carbons (Fsp3) is 0.898. The topological polar surface area (TPSA) is 78.6 Å². The van der Waals surface area contributed by atoms with Crippen LogP contribution in [0.2, 0.25) is 0 Å². The van der Waals surface area contributed by atoms with Crippen molar-refractivity contribution in [2.75, 3.05) is 0 Å². The standard InChI is InChI=1S/C59H97NO4/c1-37(2)13-11-15-39(5)47-21-23-49-45-19-17-41-35-43(27-31-56(41,7)51(45)29-33-58(47,49)9)63-54(61)26-25-53(60)55(62)64-44-28-32-57(8)42(36-44)18-20-46-50-24-22-48(40(6)16-12-14-38(3)4)59(50,10)34-30-52(46)57/h17-18,37-40,43-53H,11-16,19-36,60H2,1-10H3/t39-,40-,43+,44+,45+,46+,47-,48-,49+,50+,51+,52+,53+,56+,57+,58-,59-/m1/s1. The molecule has 5 nitrogen and oxygen atoms in total. The van der Waals surface area contributed by atoms with Gasteiger partial charge in [0.1, 0.15) is 18.2 Å². The lowest BCUT2D eigenvalue weighted by Crippen LogP contribution is -2.51. The van der Waals surface area contributed by atoms with E-state index in [1.165, 1.54) is 108 Å². The predicted molar refractivity (Wildman–Crippen MR) is 263 cm³/mol. The summed E-state index contributed by atoms with van der Waals surface area (Å²) in [4.78, 5) is 26.7. The first-order chi connectivity index (χ1) is 30.4. The van der Waals surface area contributed by atoms with E-state index in [0.29, 0.717) is 10.8 Å². The van der Waals surface area contributed by atoms with E-state index in [1.54, 1.807) is 5.57 Å². The monoisotopic (exact) mass is 884 g/mol. The number of fused-ring (bicyclic) bond motifs is 10. The van der Waals surface area contributed by atoms with Crippen molar-refractivity contribution in [1.29, 1.82) is 0 Å². The molecule has 0 aromatic carbocycles. The summed E-state index contributed by atoms with van der Waals surface area (Å²) < 4.78 is 12.3. The first-order valence-corrected chi connectivity index (χ1v) is 27.9. The number of allylic oxidation sites excluding steroid dienone is 2. The van der Waals surface area contributed by atoms with E-state index < -0.39 is 6.04 Å². The Kier molecular flexibility index (Phi) is 14.8. The summed E-state index contributed by atoms with van der Waals surface area (Å²) >= 11 is 0. The molecule has 64 heavy (non-hydrogen) atoms. The highest BCUT2D eigenvalue weighted by Gasteiger charge is 2.61. The van der Waals surface area contributed by atoms with Crippen molar-refractivity contribution >= 4 is 11.9 Å². The summed E-state index contributed by atoms with van der Waals surface area (Å²) in [5.41, 5.74) is 11.0. The molecule has 0 bridgehead atoms. The maximum absolute atomic E-state index is 13.4. The van der Waals surface area contributed by atoms with Crippen LogP contribution >= 0.6 is 0 Å².